The molecule has 0 spiro atoms. The van der Waals surface area contributed by atoms with E-state index in [0.717, 1.165) is 12.0 Å². The second kappa shape index (κ2) is 10.0. The first kappa shape index (κ1) is 20.1. The molecule has 1 aromatic carbocycles. The third-order valence-electron chi connectivity index (χ3n) is 4.23. The third-order valence-corrected chi connectivity index (χ3v) is 4.23. The molecule has 142 valence electrons. The predicted octanol–water partition coefficient (Wildman–Crippen LogP) is 2.99. The lowest BCUT2D eigenvalue weighted by molar-refractivity contribution is 0.0932. The zero-order valence-electron chi connectivity index (χ0n) is 15.5. The van der Waals surface area contributed by atoms with Gasteiger partial charge in [-0.25, -0.2) is 9.37 Å². The monoisotopic (exact) mass is 363 g/mol. The predicted molar refractivity (Wildman–Crippen MR) is 96.1 cm³/mol. The molecular weight excluding hydrogens is 337 g/mol. The molecule has 0 aliphatic carbocycles. The number of rotatable bonds is 10. The molecule has 0 saturated carbocycles. The Hall–Kier alpha value is -2.25. The minimum absolute atomic E-state index is 0.249. The largest absolute Gasteiger partial charge is 0.447 e. The Bertz CT molecular complexity index is 688. The van der Waals surface area contributed by atoms with E-state index in [9.17, 15) is 9.18 Å². The molecule has 7 heteroatoms. The van der Waals surface area contributed by atoms with Crippen LogP contribution < -0.4 is 5.32 Å². The van der Waals surface area contributed by atoms with Crippen molar-refractivity contribution in [1.29, 1.82) is 0 Å². The van der Waals surface area contributed by atoms with E-state index in [0.29, 0.717) is 32.1 Å². The molecule has 1 aromatic heterocycles. The lowest BCUT2D eigenvalue weighted by Gasteiger charge is -2.27. The van der Waals surface area contributed by atoms with Gasteiger partial charge in [0.2, 0.25) is 5.89 Å². The van der Waals surface area contributed by atoms with Crippen LogP contribution in [0.15, 0.2) is 34.9 Å². The molecule has 0 fully saturated rings. The Morgan fingerprint density at radius 3 is 2.73 bits per heavy atom. The number of nitrogens with one attached hydrogen (secondary N) is 1. The van der Waals surface area contributed by atoms with E-state index in [1.807, 2.05) is 0 Å². The maximum atomic E-state index is 13.1. The van der Waals surface area contributed by atoms with Gasteiger partial charge in [-0.05, 0) is 31.0 Å². The molecule has 6 nitrogen and oxygen atoms in total. The lowest BCUT2D eigenvalue weighted by atomic mass is 10.1. The van der Waals surface area contributed by atoms with Crippen molar-refractivity contribution in [3.05, 3.63) is 53.5 Å². The van der Waals surface area contributed by atoms with Crippen molar-refractivity contribution in [3.63, 3.8) is 0 Å². The zero-order valence-corrected chi connectivity index (χ0v) is 15.5. The van der Waals surface area contributed by atoms with Crippen LogP contribution in [0, 0.1) is 5.82 Å². The van der Waals surface area contributed by atoms with Crippen LogP contribution in [0.2, 0.25) is 0 Å². The molecule has 2 aromatic rings. The fraction of sp³-hybridized carbons (Fsp3) is 0.474. The van der Waals surface area contributed by atoms with Gasteiger partial charge in [0.15, 0.2) is 5.69 Å². The highest BCUT2D eigenvalue weighted by Crippen LogP contribution is 2.15. The van der Waals surface area contributed by atoms with E-state index in [1.54, 1.807) is 19.2 Å². The van der Waals surface area contributed by atoms with Crippen molar-refractivity contribution in [3.8, 4) is 0 Å². The van der Waals surface area contributed by atoms with Crippen LogP contribution in [-0.2, 0) is 17.8 Å². The molecule has 0 aliphatic heterocycles. The van der Waals surface area contributed by atoms with Gasteiger partial charge in [-0.3, -0.25) is 9.69 Å². The van der Waals surface area contributed by atoms with Crippen LogP contribution in [-0.4, -0.2) is 42.1 Å². The number of oxazole rings is 1. The van der Waals surface area contributed by atoms with Crippen molar-refractivity contribution < 1.29 is 18.3 Å². The Morgan fingerprint density at radius 1 is 1.35 bits per heavy atom. The molecule has 0 radical (unpaired) electrons. The van der Waals surface area contributed by atoms with Crippen molar-refractivity contribution in [2.45, 2.75) is 39.4 Å². The average molecular weight is 363 g/mol. The van der Waals surface area contributed by atoms with Gasteiger partial charge >= 0.3 is 0 Å². The van der Waals surface area contributed by atoms with E-state index in [4.69, 9.17) is 9.15 Å². The van der Waals surface area contributed by atoms with Crippen molar-refractivity contribution >= 4 is 5.91 Å². The van der Waals surface area contributed by atoms with E-state index in [1.165, 1.54) is 18.4 Å². The van der Waals surface area contributed by atoms with Gasteiger partial charge in [-0.1, -0.05) is 19.1 Å². The van der Waals surface area contributed by atoms with Gasteiger partial charge in [0.05, 0.1) is 13.2 Å². The number of carbonyl (C=O) groups excluding carboxylic acids is 1. The average Bonchev–Trinajstić information content (AvgIpc) is 3.11. The summed E-state index contributed by atoms with van der Waals surface area (Å²) in [6.07, 6.45) is 2.32. The number of benzene rings is 1. The third kappa shape index (κ3) is 5.93. The molecule has 1 atom stereocenters. The van der Waals surface area contributed by atoms with Crippen molar-refractivity contribution in [2.75, 3.05) is 20.3 Å². The fourth-order valence-corrected chi connectivity index (χ4v) is 2.47. The van der Waals surface area contributed by atoms with Gasteiger partial charge in [0.25, 0.3) is 5.91 Å². The fourth-order valence-electron chi connectivity index (χ4n) is 2.47. The molecule has 0 saturated heterocycles. The number of hydrogen-bond acceptors (Lipinski definition) is 5. The first-order valence-electron chi connectivity index (χ1n) is 8.73. The summed E-state index contributed by atoms with van der Waals surface area (Å²) in [5.74, 6) is -0.0596. The first-order chi connectivity index (χ1) is 12.5. The second-order valence-electron chi connectivity index (χ2n) is 6.16. The summed E-state index contributed by atoms with van der Waals surface area (Å²) in [4.78, 5) is 18.5. The molecule has 0 aliphatic rings. The minimum atomic E-state index is -0.286. The highest BCUT2D eigenvalue weighted by molar-refractivity contribution is 5.91. The molecule has 1 unspecified atom stereocenters. The SMILES string of the molecule is CCC(C)N(Cc1ccc(F)cc1)Cc1nc(C(=O)NCCOC)co1. The summed E-state index contributed by atoms with van der Waals surface area (Å²) in [6, 6.07) is 6.74. The van der Waals surface area contributed by atoms with Crippen LogP contribution in [0.25, 0.3) is 0 Å². The first-order valence-corrected chi connectivity index (χ1v) is 8.73. The number of methoxy groups -OCH3 is 1. The lowest BCUT2D eigenvalue weighted by Crippen LogP contribution is -2.32. The summed E-state index contributed by atoms with van der Waals surface area (Å²) in [6.45, 7) is 6.19. The molecule has 1 heterocycles. The van der Waals surface area contributed by atoms with Crippen molar-refractivity contribution in [1.82, 2.24) is 15.2 Å². The highest BCUT2D eigenvalue weighted by atomic mass is 19.1. The van der Waals surface area contributed by atoms with E-state index in [-0.39, 0.29) is 23.5 Å². The topological polar surface area (TPSA) is 67.6 Å². The maximum absolute atomic E-state index is 13.1. The van der Waals surface area contributed by atoms with Crippen LogP contribution in [0.1, 0.15) is 42.2 Å². The zero-order chi connectivity index (χ0) is 18.9. The van der Waals surface area contributed by atoms with Gasteiger partial charge < -0.3 is 14.5 Å². The van der Waals surface area contributed by atoms with Crippen LogP contribution in [0.5, 0.6) is 0 Å². The maximum Gasteiger partial charge on any atom is 0.273 e. The molecule has 1 N–H and O–H groups in total. The molecule has 0 bridgehead atoms. The Kier molecular flexibility index (Phi) is 7.74. The molecule has 1 amide bonds. The molecule has 2 rings (SSSR count). The van der Waals surface area contributed by atoms with Gasteiger partial charge in [0.1, 0.15) is 12.1 Å². The van der Waals surface area contributed by atoms with Crippen molar-refractivity contribution in [2.24, 2.45) is 0 Å². The van der Waals surface area contributed by atoms with Crippen LogP contribution >= 0.6 is 0 Å². The van der Waals surface area contributed by atoms with Crippen LogP contribution in [0.4, 0.5) is 4.39 Å². The number of amides is 1. The number of nitrogens with zero attached hydrogens (tertiary/aromatic N) is 2. The Labute approximate surface area is 153 Å². The van der Waals surface area contributed by atoms with Gasteiger partial charge in [0, 0.05) is 26.2 Å². The highest BCUT2D eigenvalue weighted by Gasteiger charge is 2.18. The summed E-state index contributed by atoms with van der Waals surface area (Å²) in [7, 11) is 1.57. The summed E-state index contributed by atoms with van der Waals surface area (Å²) < 4.78 is 23.5. The molecular formula is C19H26FN3O3. The Morgan fingerprint density at radius 2 is 2.08 bits per heavy atom. The standard InChI is InChI=1S/C19H26FN3O3/c1-4-14(2)23(11-15-5-7-16(20)8-6-15)12-18-22-17(13-26-18)19(24)21-9-10-25-3/h5-8,13-14H,4,9-12H2,1-3H3,(H,21,24). The van der Waals surface area contributed by atoms with E-state index in [2.05, 4.69) is 29.0 Å². The number of carbonyl (C=O) groups is 1. The smallest absolute Gasteiger partial charge is 0.273 e. The summed E-state index contributed by atoms with van der Waals surface area (Å²) in [5, 5.41) is 2.71. The normalized spacial score (nSPS) is 12.3. The molecule has 26 heavy (non-hydrogen) atoms. The van der Waals surface area contributed by atoms with Gasteiger partial charge in [-0.15, -0.1) is 0 Å². The van der Waals surface area contributed by atoms with E-state index >= 15 is 0 Å². The van der Waals surface area contributed by atoms with Gasteiger partial charge in [-0.2, -0.15) is 0 Å². The number of aromatic nitrogens is 1. The summed E-state index contributed by atoms with van der Waals surface area (Å²) in [5.41, 5.74) is 1.26. The summed E-state index contributed by atoms with van der Waals surface area (Å²) >= 11 is 0. The number of hydrogen-bond donors (Lipinski definition) is 1. The number of ether oxygens (including phenoxy) is 1. The Balaban J connectivity index is 2.01. The quantitative estimate of drug-likeness (QED) is 0.657. The van der Waals surface area contributed by atoms with Crippen LogP contribution in [0.3, 0.4) is 0 Å². The van der Waals surface area contributed by atoms with E-state index < -0.39 is 0 Å². The minimum Gasteiger partial charge on any atom is -0.447 e. The second-order valence-corrected chi connectivity index (χ2v) is 6.16. The number of halogens is 1.